The zero-order chi connectivity index (χ0) is 14.4. The summed E-state index contributed by atoms with van der Waals surface area (Å²) >= 11 is 0. The molecular formula is C17H25N3. The second-order valence-corrected chi connectivity index (χ2v) is 5.75. The quantitative estimate of drug-likeness (QED) is 0.895. The summed E-state index contributed by atoms with van der Waals surface area (Å²) in [5, 5.41) is 12.4. The van der Waals surface area contributed by atoms with Crippen LogP contribution >= 0.6 is 0 Å². The number of rotatable bonds is 5. The van der Waals surface area contributed by atoms with Crippen LogP contribution in [0.15, 0.2) is 24.3 Å². The maximum Gasteiger partial charge on any atom is 0.0991 e. The maximum absolute atomic E-state index is 8.79. The van der Waals surface area contributed by atoms with Crippen molar-refractivity contribution in [1.82, 2.24) is 10.2 Å². The fraction of sp³-hybridized carbons (Fsp3) is 0.588. The predicted octanol–water partition coefficient (Wildman–Crippen LogP) is 2.77. The van der Waals surface area contributed by atoms with Crippen molar-refractivity contribution in [3.63, 3.8) is 0 Å². The predicted molar refractivity (Wildman–Crippen MR) is 82.3 cm³/mol. The Bertz CT molecular complexity index is 438. The van der Waals surface area contributed by atoms with E-state index in [-0.39, 0.29) is 0 Å². The molecule has 20 heavy (non-hydrogen) atoms. The Morgan fingerprint density at radius 3 is 2.50 bits per heavy atom. The maximum atomic E-state index is 8.79. The molecule has 1 unspecified atom stereocenters. The van der Waals surface area contributed by atoms with E-state index in [0.29, 0.717) is 6.04 Å². The van der Waals surface area contributed by atoms with Crippen molar-refractivity contribution in [2.45, 2.75) is 39.3 Å². The van der Waals surface area contributed by atoms with Crippen LogP contribution in [-0.2, 0) is 6.54 Å². The number of nitrogens with zero attached hydrogens (tertiary/aromatic N) is 2. The molecule has 1 aromatic rings. The van der Waals surface area contributed by atoms with Gasteiger partial charge in [0, 0.05) is 12.6 Å². The summed E-state index contributed by atoms with van der Waals surface area (Å²) in [7, 11) is 0. The van der Waals surface area contributed by atoms with Crippen LogP contribution in [0.5, 0.6) is 0 Å². The Morgan fingerprint density at radius 1 is 1.30 bits per heavy atom. The monoisotopic (exact) mass is 271 g/mol. The van der Waals surface area contributed by atoms with E-state index in [2.05, 4.69) is 30.1 Å². The first-order valence-corrected chi connectivity index (χ1v) is 7.67. The second kappa shape index (κ2) is 7.42. The molecule has 3 nitrogen and oxygen atoms in total. The van der Waals surface area contributed by atoms with Crippen molar-refractivity contribution in [1.29, 1.82) is 5.26 Å². The molecule has 0 aliphatic carbocycles. The Labute approximate surface area is 122 Å². The summed E-state index contributed by atoms with van der Waals surface area (Å²) in [4.78, 5) is 2.53. The Hall–Kier alpha value is -1.37. The van der Waals surface area contributed by atoms with E-state index in [4.69, 9.17) is 5.26 Å². The van der Waals surface area contributed by atoms with E-state index >= 15 is 0 Å². The van der Waals surface area contributed by atoms with Crippen molar-refractivity contribution >= 4 is 0 Å². The minimum Gasteiger partial charge on any atom is -0.310 e. The van der Waals surface area contributed by atoms with Gasteiger partial charge in [-0.15, -0.1) is 0 Å². The van der Waals surface area contributed by atoms with Gasteiger partial charge in [0.2, 0.25) is 0 Å². The Balaban J connectivity index is 1.77. The minimum absolute atomic E-state index is 0.560. The Kier molecular flexibility index (Phi) is 5.58. The molecule has 1 atom stereocenters. The molecule has 0 amide bonds. The first kappa shape index (κ1) is 15.0. The molecule has 1 fully saturated rings. The molecule has 1 aromatic carbocycles. The Morgan fingerprint density at radius 2 is 1.95 bits per heavy atom. The lowest BCUT2D eigenvalue weighted by Crippen LogP contribution is -2.41. The standard InChI is InChI=1S/C17H25N3/c1-3-20-10-8-17(9-11-20)14(2)19-13-16-6-4-15(12-18)5-7-16/h4-7,14,17,19H,3,8-11,13H2,1-2H3. The van der Waals surface area contributed by atoms with Gasteiger partial charge in [0.25, 0.3) is 0 Å². The fourth-order valence-corrected chi connectivity index (χ4v) is 2.91. The molecule has 1 aliphatic heterocycles. The van der Waals surface area contributed by atoms with Gasteiger partial charge in [-0.3, -0.25) is 0 Å². The number of hydrogen-bond acceptors (Lipinski definition) is 3. The smallest absolute Gasteiger partial charge is 0.0991 e. The van der Waals surface area contributed by atoms with Crippen LogP contribution in [0.1, 0.15) is 37.8 Å². The summed E-state index contributed by atoms with van der Waals surface area (Å²) in [6.45, 7) is 9.09. The van der Waals surface area contributed by atoms with E-state index in [1.165, 1.54) is 38.0 Å². The van der Waals surface area contributed by atoms with Crippen LogP contribution in [0.4, 0.5) is 0 Å². The van der Waals surface area contributed by atoms with Gasteiger partial charge in [-0.05, 0) is 63.0 Å². The molecule has 108 valence electrons. The molecular weight excluding hydrogens is 246 g/mol. The number of benzene rings is 1. The van der Waals surface area contributed by atoms with Gasteiger partial charge in [-0.1, -0.05) is 19.1 Å². The molecule has 0 aromatic heterocycles. The molecule has 1 N–H and O–H groups in total. The lowest BCUT2D eigenvalue weighted by molar-refractivity contribution is 0.168. The van der Waals surface area contributed by atoms with Gasteiger partial charge in [-0.2, -0.15) is 5.26 Å². The largest absolute Gasteiger partial charge is 0.310 e. The lowest BCUT2D eigenvalue weighted by Gasteiger charge is -2.34. The van der Waals surface area contributed by atoms with Crippen LogP contribution in [0.25, 0.3) is 0 Å². The number of piperidine rings is 1. The van der Waals surface area contributed by atoms with Crippen LogP contribution in [0, 0.1) is 17.2 Å². The van der Waals surface area contributed by atoms with Crippen LogP contribution in [-0.4, -0.2) is 30.6 Å². The first-order valence-electron chi connectivity index (χ1n) is 7.67. The van der Waals surface area contributed by atoms with E-state index in [9.17, 15) is 0 Å². The number of nitrogens with one attached hydrogen (secondary N) is 1. The summed E-state index contributed by atoms with van der Waals surface area (Å²) in [5.74, 6) is 0.788. The van der Waals surface area contributed by atoms with Crippen molar-refractivity contribution in [3.05, 3.63) is 35.4 Å². The van der Waals surface area contributed by atoms with Crippen molar-refractivity contribution in [2.24, 2.45) is 5.92 Å². The second-order valence-electron chi connectivity index (χ2n) is 5.75. The highest BCUT2D eigenvalue weighted by Gasteiger charge is 2.22. The van der Waals surface area contributed by atoms with E-state index in [0.717, 1.165) is 18.0 Å². The molecule has 0 saturated carbocycles. The van der Waals surface area contributed by atoms with Crippen molar-refractivity contribution in [3.8, 4) is 6.07 Å². The molecule has 0 bridgehead atoms. The highest BCUT2D eigenvalue weighted by atomic mass is 15.1. The van der Waals surface area contributed by atoms with Crippen LogP contribution < -0.4 is 5.32 Å². The summed E-state index contributed by atoms with van der Waals surface area (Å²) in [6.07, 6.45) is 2.60. The summed E-state index contributed by atoms with van der Waals surface area (Å²) in [5.41, 5.74) is 1.98. The molecule has 0 radical (unpaired) electrons. The molecule has 3 heteroatoms. The van der Waals surface area contributed by atoms with Crippen LogP contribution in [0.3, 0.4) is 0 Å². The third kappa shape index (κ3) is 4.06. The SMILES string of the molecule is CCN1CCC(C(C)NCc2ccc(C#N)cc2)CC1. The highest BCUT2D eigenvalue weighted by molar-refractivity contribution is 5.31. The van der Waals surface area contributed by atoms with Crippen molar-refractivity contribution in [2.75, 3.05) is 19.6 Å². The van der Waals surface area contributed by atoms with Crippen molar-refractivity contribution < 1.29 is 0 Å². The fourth-order valence-electron chi connectivity index (χ4n) is 2.91. The third-order valence-electron chi connectivity index (χ3n) is 4.50. The number of hydrogen-bond donors (Lipinski definition) is 1. The van der Waals surface area contributed by atoms with Gasteiger partial charge in [0.15, 0.2) is 0 Å². The zero-order valence-electron chi connectivity index (χ0n) is 12.6. The van der Waals surface area contributed by atoms with E-state index in [1.807, 2.05) is 24.3 Å². The molecule has 0 spiro atoms. The van der Waals surface area contributed by atoms with Gasteiger partial charge in [-0.25, -0.2) is 0 Å². The normalized spacial score (nSPS) is 18.6. The van der Waals surface area contributed by atoms with E-state index in [1.54, 1.807) is 0 Å². The van der Waals surface area contributed by atoms with Gasteiger partial charge < -0.3 is 10.2 Å². The van der Waals surface area contributed by atoms with Gasteiger partial charge in [0.1, 0.15) is 0 Å². The van der Waals surface area contributed by atoms with Crippen LogP contribution in [0.2, 0.25) is 0 Å². The average molecular weight is 271 g/mol. The number of likely N-dealkylation sites (tertiary alicyclic amines) is 1. The van der Waals surface area contributed by atoms with Gasteiger partial charge in [0.05, 0.1) is 11.6 Å². The molecule has 1 heterocycles. The van der Waals surface area contributed by atoms with Gasteiger partial charge >= 0.3 is 0 Å². The topological polar surface area (TPSA) is 39.1 Å². The highest BCUT2D eigenvalue weighted by Crippen LogP contribution is 2.20. The summed E-state index contributed by atoms with van der Waals surface area (Å²) in [6, 6.07) is 10.6. The molecule has 2 rings (SSSR count). The zero-order valence-corrected chi connectivity index (χ0v) is 12.6. The molecule has 1 saturated heterocycles. The average Bonchev–Trinajstić information content (AvgIpc) is 2.53. The third-order valence-corrected chi connectivity index (χ3v) is 4.50. The lowest BCUT2D eigenvalue weighted by atomic mass is 9.90. The molecule has 1 aliphatic rings. The first-order chi connectivity index (χ1) is 9.72. The summed E-state index contributed by atoms with van der Waals surface area (Å²) < 4.78 is 0. The van der Waals surface area contributed by atoms with E-state index < -0.39 is 0 Å². The number of nitriles is 1. The minimum atomic E-state index is 0.560.